The zero-order valence-electron chi connectivity index (χ0n) is 14.5. The largest absolute Gasteiger partial charge is 0.360 e. The van der Waals surface area contributed by atoms with Crippen molar-refractivity contribution >= 4 is 11.3 Å². The minimum atomic E-state index is 0.455. The van der Waals surface area contributed by atoms with Gasteiger partial charge in [-0.25, -0.2) is 9.97 Å². The molecule has 0 radical (unpaired) electrons. The lowest BCUT2D eigenvalue weighted by Gasteiger charge is -2.31. The van der Waals surface area contributed by atoms with Crippen LogP contribution in [-0.4, -0.2) is 37.7 Å². The van der Waals surface area contributed by atoms with Crippen LogP contribution in [-0.2, 0) is 19.5 Å². The maximum Gasteiger partial charge on any atom is 0.150 e. The molecule has 7 heteroatoms. The monoisotopic (exact) mass is 357 g/mol. The first-order chi connectivity index (χ1) is 12.3. The Balaban J connectivity index is 1.43. The maximum absolute atomic E-state index is 5.46. The summed E-state index contributed by atoms with van der Waals surface area (Å²) in [5.41, 5.74) is 4.02. The molecule has 3 aromatic rings. The standard InChI is InChI=1S/C18H23N5OS/c1-2-15-8-17(24-21-15)11-22-6-3-4-14(9-22)18-19-5-7-23(18)10-16-12-25-13-20-16/h5,7-8,12-14H,2-4,6,9-11H2,1H3/t14-/m0/s1. The minimum Gasteiger partial charge on any atom is -0.360 e. The predicted octanol–water partition coefficient (Wildman–Crippen LogP) is 3.32. The molecule has 0 saturated carbocycles. The number of aromatic nitrogens is 4. The van der Waals surface area contributed by atoms with Gasteiger partial charge in [-0.3, -0.25) is 4.90 Å². The van der Waals surface area contributed by atoms with E-state index in [2.05, 4.69) is 49.2 Å². The Labute approximate surface area is 151 Å². The Bertz CT molecular complexity index is 794. The van der Waals surface area contributed by atoms with E-state index in [1.165, 1.54) is 18.7 Å². The number of piperidine rings is 1. The van der Waals surface area contributed by atoms with Crippen molar-refractivity contribution in [1.29, 1.82) is 0 Å². The third-order valence-corrected chi connectivity index (χ3v) is 5.42. The maximum atomic E-state index is 5.46. The Morgan fingerprint density at radius 2 is 2.24 bits per heavy atom. The van der Waals surface area contributed by atoms with Gasteiger partial charge in [0, 0.05) is 36.3 Å². The zero-order valence-corrected chi connectivity index (χ0v) is 15.3. The van der Waals surface area contributed by atoms with Gasteiger partial charge in [-0.05, 0) is 25.8 Å². The van der Waals surface area contributed by atoms with Gasteiger partial charge >= 0.3 is 0 Å². The van der Waals surface area contributed by atoms with Crippen LogP contribution in [0.3, 0.4) is 0 Å². The van der Waals surface area contributed by atoms with Gasteiger partial charge in [0.15, 0.2) is 5.76 Å². The second-order valence-electron chi connectivity index (χ2n) is 6.61. The van der Waals surface area contributed by atoms with Gasteiger partial charge in [0.1, 0.15) is 5.82 Å². The number of aryl methyl sites for hydroxylation is 1. The highest BCUT2D eigenvalue weighted by atomic mass is 32.1. The molecule has 4 rings (SSSR count). The summed E-state index contributed by atoms with van der Waals surface area (Å²) >= 11 is 1.64. The van der Waals surface area contributed by atoms with E-state index in [0.717, 1.165) is 49.7 Å². The second-order valence-corrected chi connectivity index (χ2v) is 7.32. The summed E-state index contributed by atoms with van der Waals surface area (Å²) in [5.74, 6) is 2.59. The van der Waals surface area contributed by atoms with Crippen molar-refractivity contribution < 1.29 is 4.52 Å². The first-order valence-corrected chi connectivity index (χ1v) is 9.81. The molecule has 25 heavy (non-hydrogen) atoms. The highest BCUT2D eigenvalue weighted by Crippen LogP contribution is 2.27. The molecule has 3 aromatic heterocycles. The lowest BCUT2D eigenvalue weighted by Crippen LogP contribution is -2.34. The van der Waals surface area contributed by atoms with Crippen molar-refractivity contribution in [2.45, 2.75) is 45.2 Å². The van der Waals surface area contributed by atoms with E-state index in [0.29, 0.717) is 5.92 Å². The first kappa shape index (κ1) is 16.5. The summed E-state index contributed by atoms with van der Waals surface area (Å²) in [6.45, 7) is 5.84. The fourth-order valence-corrected chi connectivity index (χ4v) is 4.08. The van der Waals surface area contributed by atoms with Crippen LogP contribution in [0, 0.1) is 0 Å². The average Bonchev–Trinajstić information content (AvgIpc) is 3.37. The summed E-state index contributed by atoms with van der Waals surface area (Å²) in [6, 6.07) is 2.08. The zero-order chi connectivity index (χ0) is 17.1. The molecule has 0 bridgehead atoms. The van der Waals surface area contributed by atoms with Crippen molar-refractivity contribution in [2.75, 3.05) is 13.1 Å². The van der Waals surface area contributed by atoms with Gasteiger partial charge in [-0.2, -0.15) is 0 Å². The third kappa shape index (κ3) is 3.82. The van der Waals surface area contributed by atoms with Crippen LogP contribution in [0.25, 0.3) is 0 Å². The predicted molar refractivity (Wildman–Crippen MR) is 96.6 cm³/mol. The van der Waals surface area contributed by atoms with Crippen LogP contribution in [0.1, 0.15) is 48.7 Å². The van der Waals surface area contributed by atoms with Crippen molar-refractivity contribution in [3.63, 3.8) is 0 Å². The topological polar surface area (TPSA) is 60.0 Å². The number of likely N-dealkylation sites (tertiary alicyclic amines) is 1. The quantitative estimate of drug-likeness (QED) is 0.677. The number of thiazole rings is 1. The molecule has 0 aliphatic carbocycles. The van der Waals surface area contributed by atoms with Crippen molar-refractivity contribution in [3.05, 3.63) is 52.3 Å². The van der Waals surface area contributed by atoms with Gasteiger partial charge in [0.05, 0.1) is 30.0 Å². The summed E-state index contributed by atoms with van der Waals surface area (Å²) in [4.78, 5) is 11.5. The molecule has 132 valence electrons. The molecule has 1 saturated heterocycles. The van der Waals surface area contributed by atoms with E-state index in [-0.39, 0.29) is 0 Å². The summed E-state index contributed by atoms with van der Waals surface area (Å²) in [7, 11) is 0. The van der Waals surface area contributed by atoms with Crippen molar-refractivity contribution in [3.8, 4) is 0 Å². The van der Waals surface area contributed by atoms with Crippen molar-refractivity contribution in [1.82, 2.24) is 24.6 Å². The first-order valence-electron chi connectivity index (χ1n) is 8.86. The normalized spacial score (nSPS) is 18.7. The van der Waals surface area contributed by atoms with E-state index >= 15 is 0 Å². The fraction of sp³-hybridized carbons (Fsp3) is 0.500. The molecule has 1 aliphatic heterocycles. The van der Waals surface area contributed by atoms with E-state index in [4.69, 9.17) is 4.52 Å². The Hall–Kier alpha value is -1.99. The van der Waals surface area contributed by atoms with Gasteiger partial charge in [-0.1, -0.05) is 12.1 Å². The number of imidazole rings is 1. The van der Waals surface area contributed by atoms with E-state index in [1.807, 2.05) is 11.7 Å². The molecule has 0 amide bonds. The molecule has 0 unspecified atom stereocenters. The highest BCUT2D eigenvalue weighted by molar-refractivity contribution is 7.07. The van der Waals surface area contributed by atoms with E-state index < -0.39 is 0 Å². The second kappa shape index (κ2) is 7.49. The van der Waals surface area contributed by atoms with E-state index in [9.17, 15) is 0 Å². The van der Waals surface area contributed by atoms with Crippen molar-refractivity contribution in [2.24, 2.45) is 0 Å². The van der Waals surface area contributed by atoms with Gasteiger partial charge in [-0.15, -0.1) is 11.3 Å². The van der Waals surface area contributed by atoms with Gasteiger partial charge in [0.25, 0.3) is 0 Å². The van der Waals surface area contributed by atoms with Crippen LogP contribution in [0.2, 0.25) is 0 Å². The summed E-state index contributed by atoms with van der Waals surface area (Å²) in [6.07, 6.45) is 7.26. The smallest absolute Gasteiger partial charge is 0.150 e. The number of hydrogen-bond acceptors (Lipinski definition) is 6. The Morgan fingerprint density at radius 3 is 3.04 bits per heavy atom. The fourth-order valence-electron chi connectivity index (χ4n) is 3.53. The molecule has 4 heterocycles. The highest BCUT2D eigenvalue weighted by Gasteiger charge is 2.25. The van der Waals surface area contributed by atoms with Crippen LogP contribution < -0.4 is 0 Å². The van der Waals surface area contributed by atoms with Crippen LogP contribution in [0.5, 0.6) is 0 Å². The Morgan fingerprint density at radius 1 is 1.28 bits per heavy atom. The van der Waals surface area contributed by atoms with E-state index in [1.54, 1.807) is 11.3 Å². The number of hydrogen-bond donors (Lipinski definition) is 0. The lowest BCUT2D eigenvalue weighted by molar-refractivity contribution is 0.176. The minimum absolute atomic E-state index is 0.455. The molecule has 0 spiro atoms. The van der Waals surface area contributed by atoms with Crippen LogP contribution in [0.15, 0.2) is 33.9 Å². The number of rotatable bonds is 6. The average molecular weight is 357 g/mol. The Kier molecular flexibility index (Phi) is 4.94. The molecule has 1 fully saturated rings. The molecular formula is C18H23N5OS. The van der Waals surface area contributed by atoms with Gasteiger partial charge in [0.2, 0.25) is 0 Å². The molecule has 1 atom stereocenters. The molecular weight excluding hydrogens is 334 g/mol. The number of nitrogens with zero attached hydrogens (tertiary/aromatic N) is 5. The lowest BCUT2D eigenvalue weighted by atomic mass is 9.97. The SMILES string of the molecule is CCc1cc(CN2CCC[C@H](c3nccn3Cc3cscn3)C2)on1. The molecule has 0 N–H and O–H groups in total. The van der Waals surface area contributed by atoms with Crippen LogP contribution in [0.4, 0.5) is 0 Å². The van der Waals surface area contributed by atoms with Gasteiger partial charge < -0.3 is 9.09 Å². The third-order valence-electron chi connectivity index (χ3n) is 4.78. The molecule has 0 aromatic carbocycles. The van der Waals surface area contributed by atoms with Crippen LogP contribution >= 0.6 is 11.3 Å². The molecule has 6 nitrogen and oxygen atoms in total. The summed E-state index contributed by atoms with van der Waals surface area (Å²) < 4.78 is 7.70. The molecule has 1 aliphatic rings. The summed E-state index contributed by atoms with van der Waals surface area (Å²) in [5, 5.41) is 6.20.